The maximum absolute atomic E-state index is 9.45. The van der Waals surface area contributed by atoms with Crippen molar-refractivity contribution in [3.8, 4) is 0 Å². The standard InChI is InChI=1S/CH2As2O2/c4-2-1-3-5/h1H2. The van der Waals surface area contributed by atoms with Crippen LogP contribution in [0.1, 0.15) is 0 Å². The molecule has 5 heavy (non-hydrogen) atoms. The molecule has 0 aromatic carbocycles. The molecule has 0 aromatic rings. The van der Waals surface area contributed by atoms with Gasteiger partial charge in [0, 0.05) is 0 Å². The van der Waals surface area contributed by atoms with Gasteiger partial charge >= 0.3 is 42.9 Å². The zero-order valence-electron chi connectivity index (χ0n) is 2.42. The van der Waals surface area contributed by atoms with Gasteiger partial charge in [0.05, 0.1) is 0 Å². The van der Waals surface area contributed by atoms with Gasteiger partial charge in [0.1, 0.15) is 0 Å². The van der Waals surface area contributed by atoms with E-state index in [2.05, 4.69) is 0 Å². The monoisotopic (exact) mass is 196 g/mol. The van der Waals surface area contributed by atoms with Crippen LogP contribution in [0.15, 0.2) is 0 Å². The molecular weight excluding hydrogens is 194 g/mol. The van der Waals surface area contributed by atoms with Crippen molar-refractivity contribution in [3.63, 3.8) is 0 Å². The number of hydrogen-bond acceptors (Lipinski definition) is 2. The molecule has 0 saturated carbocycles. The van der Waals surface area contributed by atoms with Crippen LogP contribution in [0.4, 0.5) is 0 Å². The normalized spacial score (nSPS) is 9.60. The first kappa shape index (κ1) is 5.72. The fraction of sp³-hybridized carbons (Fsp3) is 1.00. The quantitative estimate of drug-likeness (QED) is 0.555. The van der Waals surface area contributed by atoms with Gasteiger partial charge in [0.2, 0.25) is 0 Å². The van der Waals surface area contributed by atoms with E-state index in [9.17, 15) is 7.48 Å². The van der Waals surface area contributed by atoms with Crippen molar-refractivity contribution in [1.29, 1.82) is 0 Å². The Morgan fingerprint density at radius 1 is 1.20 bits per heavy atom. The van der Waals surface area contributed by atoms with Crippen molar-refractivity contribution >= 4 is 31.4 Å². The van der Waals surface area contributed by atoms with Crippen LogP contribution in [-0.2, 0) is 7.48 Å². The molecule has 0 unspecified atom stereocenters. The summed E-state index contributed by atoms with van der Waals surface area (Å²) in [6, 6.07) is 0. The maximum atomic E-state index is 9.45. The molecule has 0 N–H and O–H groups in total. The summed E-state index contributed by atoms with van der Waals surface area (Å²) in [6.07, 6.45) is 0. The Bertz CT molecular complexity index is 36.9. The van der Waals surface area contributed by atoms with Gasteiger partial charge in [0.15, 0.2) is 0 Å². The molecule has 0 aliphatic carbocycles. The van der Waals surface area contributed by atoms with E-state index in [0.717, 1.165) is 0 Å². The summed E-state index contributed by atoms with van der Waals surface area (Å²) in [5.74, 6) is 0. The van der Waals surface area contributed by atoms with E-state index in [1.165, 1.54) is 0 Å². The van der Waals surface area contributed by atoms with Crippen LogP contribution < -0.4 is 0 Å². The first-order chi connectivity index (χ1) is 2.41. The van der Waals surface area contributed by atoms with Gasteiger partial charge in [-0.3, -0.25) is 0 Å². The number of hydrogen-bond donors (Lipinski definition) is 0. The van der Waals surface area contributed by atoms with E-state index in [-0.39, 0.29) is 0 Å². The Morgan fingerprint density at radius 2 is 1.60 bits per heavy atom. The van der Waals surface area contributed by atoms with E-state index < -0.39 is 31.4 Å². The third kappa shape index (κ3) is 4.72. The molecule has 0 aromatic heterocycles. The Morgan fingerprint density at radius 3 is 1.60 bits per heavy atom. The van der Waals surface area contributed by atoms with Gasteiger partial charge in [-0.2, -0.15) is 0 Å². The molecule has 0 fully saturated rings. The average Bonchev–Trinajstić information content (AvgIpc) is 1.41. The Labute approximate surface area is 43.1 Å². The topological polar surface area (TPSA) is 34.1 Å². The second-order valence-corrected chi connectivity index (χ2v) is 5.16. The molecule has 0 saturated heterocycles. The van der Waals surface area contributed by atoms with Gasteiger partial charge in [0.25, 0.3) is 0 Å². The molecule has 4 heteroatoms. The molecule has 0 atom stereocenters. The number of rotatable bonds is 2. The van der Waals surface area contributed by atoms with E-state index in [1.54, 1.807) is 0 Å². The Hall–Kier alpha value is 0.717. The third-order valence-electron chi connectivity index (χ3n) is 0.115. The summed E-state index contributed by atoms with van der Waals surface area (Å²) in [5.41, 5.74) is 0. The van der Waals surface area contributed by atoms with E-state index in [4.69, 9.17) is 0 Å². The van der Waals surface area contributed by atoms with Crippen LogP contribution in [-0.4, -0.2) is 31.4 Å². The van der Waals surface area contributed by atoms with Crippen LogP contribution >= 0.6 is 0 Å². The predicted octanol–water partition coefficient (Wildman–Crippen LogP) is -0.538. The second-order valence-electron chi connectivity index (χ2n) is 0.400. The first-order valence-electron chi connectivity index (χ1n) is 0.998. The predicted molar refractivity (Wildman–Crippen MR) is 17.7 cm³/mol. The van der Waals surface area contributed by atoms with Crippen LogP contribution in [0.3, 0.4) is 0 Å². The molecule has 0 rings (SSSR count). The molecule has 28 valence electrons. The molecule has 0 aliphatic rings. The van der Waals surface area contributed by atoms with E-state index >= 15 is 0 Å². The van der Waals surface area contributed by atoms with Gasteiger partial charge < -0.3 is 0 Å². The molecule has 2 nitrogen and oxygen atoms in total. The molecule has 0 bridgehead atoms. The van der Waals surface area contributed by atoms with Crippen molar-refractivity contribution in [1.82, 2.24) is 0 Å². The van der Waals surface area contributed by atoms with Crippen LogP contribution in [0.25, 0.3) is 0 Å². The van der Waals surface area contributed by atoms with Crippen molar-refractivity contribution < 1.29 is 7.48 Å². The van der Waals surface area contributed by atoms with Crippen LogP contribution in [0, 0.1) is 0 Å². The molecule has 0 aliphatic heterocycles. The summed E-state index contributed by atoms with van der Waals surface area (Å²) in [6.45, 7) is 0. The minimum atomic E-state index is -0.805. The molecule has 0 radical (unpaired) electrons. The minimum absolute atomic E-state index is 0.465. The summed E-state index contributed by atoms with van der Waals surface area (Å²) < 4.78 is 19.4. The molecular formula is CH2As2O2. The van der Waals surface area contributed by atoms with Gasteiger partial charge in [-0.1, -0.05) is 0 Å². The molecule has 0 heterocycles. The van der Waals surface area contributed by atoms with Crippen molar-refractivity contribution in [2.45, 2.75) is 4.00 Å². The van der Waals surface area contributed by atoms with Crippen molar-refractivity contribution in [3.05, 3.63) is 0 Å². The van der Waals surface area contributed by atoms with Gasteiger partial charge in [-0.25, -0.2) is 0 Å². The Balaban J connectivity index is 2.65. The van der Waals surface area contributed by atoms with Crippen LogP contribution in [0.2, 0.25) is 4.00 Å². The molecule has 0 spiro atoms. The average molecular weight is 196 g/mol. The SMILES string of the molecule is O=[As]C[As]=O. The first-order valence-corrected chi connectivity index (χ1v) is 5.18. The second kappa shape index (κ2) is 4.72. The van der Waals surface area contributed by atoms with Gasteiger partial charge in [-0.15, -0.1) is 0 Å². The van der Waals surface area contributed by atoms with Gasteiger partial charge in [-0.05, 0) is 0 Å². The third-order valence-corrected chi connectivity index (χ3v) is 3.12. The molecule has 0 amide bonds. The van der Waals surface area contributed by atoms with Crippen molar-refractivity contribution in [2.24, 2.45) is 0 Å². The zero-order chi connectivity index (χ0) is 4.12. The fourth-order valence-electron chi connectivity index (χ4n) is 0.0236. The summed E-state index contributed by atoms with van der Waals surface area (Å²) in [4.78, 5) is 0. The van der Waals surface area contributed by atoms with E-state index in [0.29, 0.717) is 4.00 Å². The van der Waals surface area contributed by atoms with Crippen LogP contribution in [0.5, 0.6) is 0 Å². The fourth-order valence-corrected chi connectivity index (χ4v) is 0.636. The van der Waals surface area contributed by atoms with Crippen molar-refractivity contribution in [2.75, 3.05) is 0 Å². The summed E-state index contributed by atoms with van der Waals surface area (Å²) >= 11 is -1.61. The van der Waals surface area contributed by atoms with E-state index in [1.807, 2.05) is 0 Å². The Kier molecular flexibility index (Phi) is 5.39. The zero-order valence-corrected chi connectivity index (χ0v) is 6.17. The summed E-state index contributed by atoms with van der Waals surface area (Å²) in [5, 5.41) is 0. The summed E-state index contributed by atoms with van der Waals surface area (Å²) in [7, 11) is 0.